The van der Waals surface area contributed by atoms with Crippen molar-refractivity contribution in [2.75, 3.05) is 18.9 Å². The predicted octanol–water partition coefficient (Wildman–Crippen LogP) is 0.942. The van der Waals surface area contributed by atoms with Gasteiger partial charge in [0.1, 0.15) is 6.04 Å². The third kappa shape index (κ3) is 1.78. The first-order valence-electron chi connectivity index (χ1n) is 6.02. The molecule has 1 fully saturated rings. The SMILES string of the molecule is Nc1cccc2c1CCN(C1CCOC1=O)C2. The van der Waals surface area contributed by atoms with Gasteiger partial charge in [0.15, 0.2) is 0 Å². The number of cyclic esters (lactones) is 1. The van der Waals surface area contributed by atoms with Crippen molar-refractivity contribution < 1.29 is 9.53 Å². The summed E-state index contributed by atoms with van der Waals surface area (Å²) in [5.41, 5.74) is 9.32. The summed E-state index contributed by atoms with van der Waals surface area (Å²) in [6.07, 6.45) is 1.74. The standard InChI is InChI=1S/C13H16N2O2/c14-11-3-1-2-9-8-15(6-4-10(9)11)12-5-7-17-13(12)16/h1-3,12H,4-8,14H2. The molecule has 1 atom stereocenters. The minimum absolute atomic E-state index is 0.0513. The van der Waals surface area contributed by atoms with Crippen molar-refractivity contribution in [1.29, 1.82) is 0 Å². The van der Waals surface area contributed by atoms with Gasteiger partial charge in [0.05, 0.1) is 6.61 Å². The Morgan fingerprint density at radius 3 is 3.06 bits per heavy atom. The molecule has 2 heterocycles. The fourth-order valence-electron chi connectivity index (χ4n) is 2.74. The average Bonchev–Trinajstić information content (AvgIpc) is 2.75. The molecule has 0 bridgehead atoms. The van der Waals surface area contributed by atoms with E-state index in [4.69, 9.17) is 10.5 Å². The van der Waals surface area contributed by atoms with Crippen LogP contribution in [-0.4, -0.2) is 30.1 Å². The Morgan fingerprint density at radius 2 is 2.29 bits per heavy atom. The van der Waals surface area contributed by atoms with E-state index >= 15 is 0 Å². The van der Waals surface area contributed by atoms with Crippen molar-refractivity contribution in [2.24, 2.45) is 0 Å². The second-order valence-corrected chi connectivity index (χ2v) is 4.68. The third-order valence-corrected chi connectivity index (χ3v) is 3.68. The summed E-state index contributed by atoms with van der Waals surface area (Å²) < 4.78 is 5.03. The molecule has 0 spiro atoms. The molecule has 1 aromatic rings. The number of hydrogen-bond acceptors (Lipinski definition) is 4. The quantitative estimate of drug-likeness (QED) is 0.578. The number of nitrogen functional groups attached to an aromatic ring is 1. The summed E-state index contributed by atoms with van der Waals surface area (Å²) >= 11 is 0. The zero-order valence-electron chi connectivity index (χ0n) is 9.69. The van der Waals surface area contributed by atoms with E-state index in [-0.39, 0.29) is 12.0 Å². The van der Waals surface area contributed by atoms with Crippen LogP contribution >= 0.6 is 0 Å². The molecule has 17 heavy (non-hydrogen) atoms. The average molecular weight is 232 g/mol. The lowest BCUT2D eigenvalue weighted by Gasteiger charge is -2.32. The van der Waals surface area contributed by atoms with Gasteiger partial charge in [0, 0.05) is 25.2 Å². The van der Waals surface area contributed by atoms with E-state index < -0.39 is 0 Å². The Balaban J connectivity index is 1.83. The molecular weight excluding hydrogens is 216 g/mol. The maximum Gasteiger partial charge on any atom is 0.323 e. The van der Waals surface area contributed by atoms with E-state index in [0.717, 1.165) is 31.6 Å². The Bertz CT molecular complexity index is 459. The van der Waals surface area contributed by atoms with Crippen molar-refractivity contribution in [3.8, 4) is 0 Å². The summed E-state index contributed by atoms with van der Waals surface area (Å²) in [4.78, 5) is 13.8. The smallest absolute Gasteiger partial charge is 0.323 e. The molecule has 0 aromatic heterocycles. The van der Waals surface area contributed by atoms with Crippen molar-refractivity contribution in [3.63, 3.8) is 0 Å². The number of ether oxygens (including phenoxy) is 1. The lowest BCUT2D eigenvalue weighted by molar-refractivity contribution is -0.142. The number of fused-ring (bicyclic) bond motifs is 1. The first kappa shape index (κ1) is 10.6. The maximum absolute atomic E-state index is 11.6. The molecule has 2 aliphatic heterocycles. The highest BCUT2D eigenvalue weighted by Crippen LogP contribution is 2.27. The molecule has 2 N–H and O–H groups in total. The number of nitrogens with zero attached hydrogens (tertiary/aromatic N) is 1. The van der Waals surface area contributed by atoms with Gasteiger partial charge in [-0.3, -0.25) is 9.69 Å². The van der Waals surface area contributed by atoms with Crippen LogP contribution in [0.25, 0.3) is 0 Å². The van der Waals surface area contributed by atoms with Crippen LogP contribution in [0.1, 0.15) is 17.5 Å². The van der Waals surface area contributed by atoms with Gasteiger partial charge < -0.3 is 10.5 Å². The van der Waals surface area contributed by atoms with Crippen LogP contribution < -0.4 is 5.73 Å². The number of nitrogens with two attached hydrogens (primary N) is 1. The second-order valence-electron chi connectivity index (χ2n) is 4.68. The molecule has 1 aromatic carbocycles. The van der Waals surface area contributed by atoms with Gasteiger partial charge in [-0.2, -0.15) is 0 Å². The molecule has 0 saturated carbocycles. The molecule has 2 aliphatic rings. The van der Waals surface area contributed by atoms with E-state index in [9.17, 15) is 4.79 Å². The highest BCUT2D eigenvalue weighted by molar-refractivity contribution is 5.77. The van der Waals surface area contributed by atoms with Gasteiger partial charge in [-0.25, -0.2) is 0 Å². The van der Waals surface area contributed by atoms with Crippen LogP contribution in [-0.2, 0) is 22.5 Å². The molecule has 0 amide bonds. The summed E-state index contributed by atoms with van der Waals surface area (Å²) in [5, 5.41) is 0. The van der Waals surface area contributed by atoms with Crippen molar-refractivity contribution in [2.45, 2.75) is 25.4 Å². The number of carbonyl (C=O) groups is 1. The first-order chi connectivity index (χ1) is 8.25. The largest absolute Gasteiger partial charge is 0.464 e. The molecule has 0 radical (unpaired) electrons. The third-order valence-electron chi connectivity index (χ3n) is 3.68. The lowest BCUT2D eigenvalue weighted by Crippen LogP contribution is -2.41. The molecule has 1 saturated heterocycles. The van der Waals surface area contributed by atoms with Gasteiger partial charge in [-0.05, 0) is 23.6 Å². The Hall–Kier alpha value is -1.55. The van der Waals surface area contributed by atoms with Crippen LogP contribution in [0.15, 0.2) is 18.2 Å². The molecule has 90 valence electrons. The van der Waals surface area contributed by atoms with Crippen LogP contribution in [0.4, 0.5) is 5.69 Å². The highest BCUT2D eigenvalue weighted by atomic mass is 16.5. The zero-order chi connectivity index (χ0) is 11.8. The number of benzene rings is 1. The lowest BCUT2D eigenvalue weighted by atomic mass is 9.96. The summed E-state index contributed by atoms with van der Waals surface area (Å²) in [5.74, 6) is -0.0719. The zero-order valence-corrected chi connectivity index (χ0v) is 9.69. The maximum atomic E-state index is 11.6. The van der Waals surface area contributed by atoms with Crippen molar-refractivity contribution >= 4 is 11.7 Å². The number of rotatable bonds is 1. The molecule has 4 heteroatoms. The second kappa shape index (κ2) is 4.04. The van der Waals surface area contributed by atoms with Gasteiger partial charge in [0.25, 0.3) is 0 Å². The fourth-order valence-corrected chi connectivity index (χ4v) is 2.74. The Kier molecular flexibility index (Phi) is 2.52. The number of hydrogen-bond donors (Lipinski definition) is 1. The summed E-state index contributed by atoms with van der Waals surface area (Å²) in [6.45, 7) is 2.25. The highest BCUT2D eigenvalue weighted by Gasteiger charge is 2.34. The minimum atomic E-state index is -0.0719. The van der Waals surface area contributed by atoms with Crippen molar-refractivity contribution in [3.05, 3.63) is 29.3 Å². The Morgan fingerprint density at radius 1 is 1.41 bits per heavy atom. The molecule has 4 nitrogen and oxygen atoms in total. The van der Waals surface area contributed by atoms with Crippen LogP contribution in [0.5, 0.6) is 0 Å². The molecule has 0 aliphatic carbocycles. The van der Waals surface area contributed by atoms with Gasteiger partial charge in [0.2, 0.25) is 0 Å². The van der Waals surface area contributed by atoms with Crippen LogP contribution in [0.3, 0.4) is 0 Å². The minimum Gasteiger partial charge on any atom is -0.464 e. The fraction of sp³-hybridized carbons (Fsp3) is 0.462. The van der Waals surface area contributed by atoms with Gasteiger partial charge in [-0.15, -0.1) is 0 Å². The predicted molar refractivity (Wildman–Crippen MR) is 64.3 cm³/mol. The monoisotopic (exact) mass is 232 g/mol. The summed E-state index contributed by atoms with van der Waals surface area (Å²) in [7, 11) is 0. The van der Waals surface area contributed by atoms with Crippen LogP contribution in [0.2, 0.25) is 0 Å². The number of esters is 1. The van der Waals surface area contributed by atoms with Crippen LogP contribution in [0, 0.1) is 0 Å². The van der Waals surface area contributed by atoms with E-state index in [1.807, 2.05) is 12.1 Å². The van der Waals surface area contributed by atoms with E-state index in [2.05, 4.69) is 11.0 Å². The number of anilines is 1. The molecule has 3 rings (SSSR count). The van der Waals surface area contributed by atoms with Gasteiger partial charge in [-0.1, -0.05) is 12.1 Å². The molecule has 1 unspecified atom stereocenters. The van der Waals surface area contributed by atoms with E-state index in [0.29, 0.717) is 6.61 Å². The van der Waals surface area contributed by atoms with E-state index in [1.54, 1.807) is 0 Å². The Labute approximate surface area is 100 Å². The normalized spacial score (nSPS) is 24.5. The topological polar surface area (TPSA) is 55.6 Å². The number of carbonyl (C=O) groups excluding carboxylic acids is 1. The van der Waals surface area contributed by atoms with E-state index in [1.165, 1.54) is 11.1 Å². The van der Waals surface area contributed by atoms with Crippen molar-refractivity contribution in [1.82, 2.24) is 4.90 Å². The molecular formula is C13H16N2O2. The summed E-state index contributed by atoms with van der Waals surface area (Å²) in [6, 6.07) is 5.96. The first-order valence-corrected chi connectivity index (χ1v) is 6.02. The van der Waals surface area contributed by atoms with Gasteiger partial charge >= 0.3 is 5.97 Å².